The number of rotatable bonds is 5. The molecule has 0 bridgehead atoms. The number of hydrogen-bond acceptors (Lipinski definition) is 4. The standard InChI is InChI=1S/C20H23ClO4/c1-13(22)7-5-6-10-20(18(24)25-19(2,3)4)12-14-11-15(21)8-9-16(14)17(20)23/h5-6,8-9,11H,7,10,12H2,1-4H3/b6-5-/t20-/m1/s1. The molecule has 1 aliphatic rings. The molecule has 25 heavy (non-hydrogen) atoms. The quantitative estimate of drug-likeness (QED) is 0.444. The van der Waals surface area contributed by atoms with Gasteiger partial charge in [0, 0.05) is 17.0 Å². The molecule has 0 saturated carbocycles. The monoisotopic (exact) mass is 362 g/mol. The van der Waals surface area contributed by atoms with E-state index in [1.807, 2.05) is 0 Å². The lowest BCUT2D eigenvalue weighted by Gasteiger charge is -2.29. The molecule has 0 aliphatic heterocycles. The average Bonchev–Trinajstić information content (AvgIpc) is 2.75. The zero-order chi connectivity index (χ0) is 18.8. The van der Waals surface area contributed by atoms with Gasteiger partial charge in [0.05, 0.1) is 0 Å². The molecule has 134 valence electrons. The third kappa shape index (κ3) is 4.37. The van der Waals surface area contributed by atoms with E-state index < -0.39 is 17.0 Å². The Bertz CT molecular complexity index is 743. The van der Waals surface area contributed by atoms with Gasteiger partial charge in [-0.25, -0.2) is 0 Å². The van der Waals surface area contributed by atoms with Crippen molar-refractivity contribution in [2.24, 2.45) is 5.41 Å². The Balaban J connectivity index is 2.37. The molecule has 0 N–H and O–H groups in total. The van der Waals surface area contributed by atoms with Gasteiger partial charge in [-0.2, -0.15) is 0 Å². The number of ketones is 2. The minimum atomic E-state index is -1.30. The summed E-state index contributed by atoms with van der Waals surface area (Å²) in [5, 5.41) is 0.527. The largest absolute Gasteiger partial charge is 0.459 e. The molecule has 0 fully saturated rings. The maximum atomic E-state index is 13.0. The van der Waals surface area contributed by atoms with Crippen molar-refractivity contribution in [2.45, 2.75) is 52.6 Å². The van der Waals surface area contributed by atoms with Crippen LogP contribution in [-0.2, 0) is 20.7 Å². The first kappa shape index (κ1) is 19.4. The molecule has 0 amide bonds. The molecule has 1 atom stereocenters. The highest BCUT2D eigenvalue weighted by Crippen LogP contribution is 2.42. The predicted molar refractivity (Wildman–Crippen MR) is 96.8 cm³/mol. The summed E-state index contributed by atoms with van der Waals surface area (Å²) in [4.78, 5) is 37.0. The van der Waals surface area contributed by atoms with Crippen molar-refractivity contribution in [1.29, 1.82) is 0 Å². The van der Waals surface area contributed by atoms with Crippen LogP contribution in [-0.4, -0.2) is 23.1 Å². The Morgan fingerprint density at radius 1 is 1.28 bits per heavy atom. The van der Waals surface area contributed by atoms with Crippen molar-refractivity contribution in [3.8, 4) is 0 Å². The molecular formula is C20H23ClO4. The van der Waals surface area contributed by atoms with Crippen LogP contribution in [0, 0.1) is 5.41 Å². The number of benzene rings is 1. The number of fused-ring (bicyclic) bond motifs is 1. The van der Waals surface area contributed by atoms with Gasteiger partial charge in [-0.3, -0.25) is 14.4 Å². The molecule has 0 radical (unpaired) electrons. The molecule has 1 aromatic carbocycles. The summed E-state index contributed by atoms with van der Waals surface area (Å²) in [6.07, 6.45) is 4.13. The highest BCUT2D eigenvalue weighted by molar-refractivity contribution is 6.31. The Labute approximate surface area is 153 Å². The molecule has 0 aromatic heterocycles. The SMILES string of the molecule is CC(=O)C/C=C\C[C@@]1(C(=O)OC(C)(C)C)Cc2cc(Cl)ccc2C1=O. The number of ether oxygens (including phenoxy) is 1. The van der Waals surface area contributed by atoms with Crippen LogP contribution in [0.5, 0.6) is 0 Å². The number of Topliss-reactive ketones (excluding diaryl/α,β-unsaturated/α-hetero) is 2. The molecule has 4 nitrogen and oxygen atoms in total. The minimum Gasteiger partial charge on any atom is -0.459 e. The number of allylic oxidation sites excluding steroid dienone is 2. The predicted octanol–water partition coefficient (Wildman–Crippen LogP) is 4.33. The second-order valence-corrected chi connectivity index (χ2v) is 7.91. The van der Waals surface area contributed by atoms with Crippen LogP contribution in [0.1, 0.15) is 56.5 Å². The van der Waals surface area contributed by atoms with E-state index in [1.54, 1.807) is 51.1 Å². The molecule has 0 spiro atoms. The number of carbonyl (C=O) groups is 3. The van der Waals surface area contributed by atoms with Gasteiger partial charge < -0.3 is 4.74 Å². The first-order valence-corrected chi connectivity index (χ1v) is 8.64. The van der Waals surface area contributed by atoms with Gasteiger partial charge in [-0.15, -0.1) is 0 Å². The van der Waals surface area contributed by atoms with Crippen molar-refractivity contribution in [2.75, 3.05) is 0 Å². The van der Waals surface area contributed by atoms with E-state index in [1.165, 1.54) is 6.92 Å². The summed E-state index contributed by atoms with van der Waals surface area (Å²) in [6, 6.07) is 5.03. The molecule has 0 unspecified atom stereocenters. The van der Waals surface area contributed by atoms with E-state index in [9.17, 15) is 14.4 Å². The Hall–Kier alpha value is -1.94. The van der Waals surface area contributed by atoms with Gasteiger partial charge in [0.15, 0.2) is 5.78 Å². The topological polar surface area (TPSA) is 60.4 Å². The highest BCUT2D eigenvalue weighted by Gasteiger charge is 2.52. The summed E-state index contributed by atoms with van der Waals surface area (Å²) >= 11 is 6.03. The van der Waals surface area contributed by atoms with Crippen LogP contribution >= 0.6 is 11.6 Å². The van der Waals surface area contributed by atoms with E-state index in [0.717, 1.165) is 5.56 Å². The lowest BCUT2D eigenvalue weighted by atomic mass is 9.80. The van der Waals surface area contributed by atoms with Crippen LogP contribution in [0.3, 0.4) is 0 Å². The third-order valence-corrected chi connectivity index (χ3v) is 4.30. The van der Waals surface area contributed by atoms with Crippen LogP contribution in [0.15, 0.2) is 30.4 Å². The Kier molecular flexibility index (Phi) is 5.52. The van der Waals surface area contributed by atoms with Crippen molar-refractivity contribution in [3.05, 3.63) is 46.5 Å². The maximum absolute atomic E-state index is 13.0. The van der Waals surface area contributed by atoms with Crippen molar-refractivity contribution < 1.29 is 19.1 Å². The van der Waals surface area contributed by atoms with Crippen molar-refractivity contribution >= 4 is 29.1 Å². The first-order valence-electron chi connectivity index (χ1n) is 8.26. The van der Waals surface area contributed by atoms with Gasteiger partial charge >= 0.3 is 5.97 Å². The summed E-state index contributed by atoms with van der Waals surface area (Å²) in [7, 11) is 0. The van der Waals surface area contributed by atoms with E-state index >= 15 is 0 Å². The van der Waals surface area contributed by atoms with Gasteiger partial charge in [-0.1, -0.05) is 23.8 Å². The first-order chi connectivity index (χ1) is 11.5. The van der Waals surface area contributed by atoms with Crippen LogP contribution < -0.4 is 0 Å². The molecule has 5 heteroatoms. The van der Waals surface area contributed by atoms with E-state index in [-0.39, 0.29) is 30.8 Å². The molecule has 0 heterocycles. The van der Waals surface area contributed by atoms with E-state index in [0.29, 0.717) is 10.6 Å². The van der Waals surface area contributed by atoms with Crippen LogP contribution in [0.25, 0.3) is 0 Å². The summed E-state index contributed by atoms with van der Waals surface area (Å²) in [5.41, 5.74) is -0.730. The number of halogens is 1. The summed E-state index contributed by atoms with van der Waals surface area (Å²) in [6.45, 7) is 6.81. The van der Waals surface area contributed by atoms with E-state index in [4.69, 9.17) is 16.3 Å². The molecule has 1 aromatic rings. The number of esters is 1. The molecule has 1 aliphatic carbocycles. The average molecular weight is 363 g/mol. The van der Waals surface area contributed by atoms with Crippen LogP contribution in [0.4, 0.5) is 0 Å². The van der Waals surface area contributed by atoms with Gasteiger partial charge in [0.25, 0.3) is 0 Å². The summed E-state index contributed by atoms with van der Waals surface area (Å²) < 4.78 is 5.54. The van der Waals surface area contributed by atoms with Crippen molar-refractivity contribution in [3.63, 3.8) is 0 Å². The van der Waals surface area contributed by atoms with Crippen molar-refractivity contribution in [1.82, 2.24) is 0 Å². The normalized spacial score (nSPS) is 20.0. The second kappa shape index (κ2) is 7.12. The van der Waals surface area contributed by atoms with E-state index in [2.05, 4.69) is 0 Å². The maximum Gasteiger partial charge on any atom is 0.321 e. The van der Waals surface area contributed by atoms with Gasteiger partial charge in [-0.05, 0) is 64.3 Å². The van der Waals surface area contributed by atoms with Gasteiger partial charge in [0.2, 0.25) is 0 Å². The highest BCUT2D eigenvalue weighted by atomic mass is 35.5. The fourth-order valence-electron chi connectivity index (χ4n) is 2.92. The smallest absolute Gasteiger partial charge is 0.321 e. The summed E-state index contributed by atoms with van der Waals surface area (Å²) in [5.74, 6) is -0.763. The number of hydrogen-bond donors (Lipinski definition) is 0. The lowest BCUT2D eigenvalue weighted by Crippen LogP contribution is -2.42. The zero-order valence-electron chi connectivity index (χ0n) is 15.0. The molecular weight excluding hydrogens is 340 g/mol. The minimum absolute atomic E-state index is 0.0235. The Morgan fingerprint density at radius 3 is 2.56 bits per heavy atom. The fraction of sp³-hybridized carbons (Fsp3) is 0.450. The Morgan fingerprint density at radius 2 is 1.96 bits per heavy atom. The molecule has 0 saturated heterocycles. The van der Waals surface area contributed by atoms with Gasteiger partial charge in [0.1, 0.15) is 16.8 Å². The number of carbonyl (C=O) groups excluding carboxylic acids is 3. The zero-order valence-corrected chi connectivity index (χ0v) is 15.8. The fourth-order valence-corrected chi connectivity index (χ4v) is 3.11. The second-order valence-electron chi connectivity index (χ2n) is 7.47. The third-order valence-electron chi connectivity index (χ3n) is 4.07. The molecule has 2 rings (SSSR count). The lowest BCUT2D eigenvalue weighted by molar-refractivity contribution is -0.164. The van der Waals surface area contributed by atoms with Crippen LogP contribution in [0.2, 0.25) is 5.02 Å².